The Labute approximate surface area is 230 Å². The second-order valence-corrected chi connectivity index (χ2v) is 8.20. The van der Waals surface area contributed by atoms with Crippen LogP contribution >= 0.6 is 0 Å². The van der Waals surface area contributed by atoms with Crippen LogP contribution in [0.2, 0.25) is 0 Å². The predicted molar refractivity (Wildman–Crippen MR) is 146 cm³/mol. The van der Waals surface area contributed by atoms with Crippen molar-refractivity contribution in [1.82, 2.24) is 41.3 Å². The molecule has 1 aliphatic heterocycles. The first-order valence-corrected chi connectivity index (χ1v) is 11.8. The van der Waals surface area contributed by atoms with Gasteiger partial charge in [-0.15, -0.1) is 0 Å². The fourth-order valence-electron chi connectivity index (χ4n) is 3.53. The zero-order valence-corrected chi connectivity index (χ0v) is 22.1. The Morgan fingerprint density at radius 3 is 1.18 bits per heavy atom. The molecule has 0 saturated carbocycles. The van der Waals surface area contributed by atoms with Crippen LogP contribution in [0.15, 0.2) is 32.6 Å². The van der Waals surface area contributed by atoms with Gasteiger partial charge >= 0.3 is 0 Å². The van der Waals surface area contributed by atoms with Crippen molar-refractivity contribution >= 4 is 62.3 Å². The lowest BCUT2D eigenvalue weighted by Crippen LogP contribution is -2.48. The summed E-state index contributed by atoms with van der Waals surface area (Å²) < 4.78 is 0. The van der Waals surface area contributed by atoms with Gasteiger partial charge in [0.15, 0.2) is 0 Å². The Bertz CT molecular complexity index is 894. The number of imide groups is 1. The van der Waals surface area contributed by atoms with Crippen LogP contribution in [0, 0.1) is 0 Å². The van der Waals surface area contributed by atoms with Crippen LogP contribution in [-0.2, 0) is 28.8 Å². The molecule has 0 spiro atoms. The quantitative estimate of drug-likeness (QED) is 0.0605. The number of rotatable bonds is 21. The average Bonchev–Trinajstić information content (AvgIpc) is 3.20. The zero-order chi connectivity index (χ0) is 29.9. The van der Waals surface area contributed by atoms with Gasteiger partial charge in [-0.25, -0.2) is 21.7 Å². The molecule has 0 saturated heterocycles. The normalized spacial score (nSPS) is 12.4. The van der Waals surface area contributed by atoms with Crippen molar-refractivity contribution < 1.29 is 28.8 Å². The maximum Gasteiger partial charge on any atom is 0.254 e. The van der Waals surface area contributed by atoms with Crippen molar-refractivity contribution in [2.45, 2.75) is 0 Å². The molecule has 0 aromatic heterocycles. The van der Waals surface area contributed by atoms with E-state index in [4.69, 9.17) is 0 Å². The summed E-state index contributed by atoms with van der Waals surface area (Å²) in [6.07, 6.45) is 2.35. The average molecular weight is 563 g/mol. The Balaban J connectivity index is 3.00. The van der Waals surface area contributed by atoms with E-state index in [9.17, 15) is 28.8 Å². The molecule has 1 heterocycles. The number of nitrogens with one attached hydrogen (secondary N) is 4. The molecule has 0 aromatic rings. The number of hydrazone groups is 4. The molecule has 0 atom stereocenters. The summed E-state index contributed by atoms with van der Waals surface area (Å²) in [6.45, 7) is 13.2. The molecule has 6 amide bonds. The van der Waals surface area contributed by atoms with Crippen LogP contribution in [0.5, 0.6) is 0 Å². The number of hydrogen-bond acceptors (Lipinski definition) is 13. The molecule has 4 N–H and O–H groups in total. The van der Waals surface area contributed by atoms with Crippen LogP contribution < -0.4 is 21.7 Å². The third kappa shape index (κ3) is 13.2. The van der Waals surface area contributed by atoms with E-state index in [0.29, 0.717) is 0 Å². The molecule has 18 heteroatoms. The third-order valence-electron chi connectivity index (χ3n) is 5.29. The minimum Gasteiger partial charge on any atom is -0.299 e. The topological polar surface area (TPSA) is 213 Å². The molecule has 218 valence electrons. The smallest absolute Gasteiger partial charge is 0.254 e. The van der Waals surface area contributed by atoms with Gasteiger partial charge in [0.05, 0.1) is 26.2 Å². The number of carbonyl (C=O) groups excluding carboxylic acids is 6. The van der Waals surface area contributed by atoms with Gasteiger partial charge in [-0.3, -0.25) is 48.4 Å². The highest BCUT2D eigenvalue weighted by Gasteiger charge is 2.24. The van der Waals surface area contributed by atoms with Gasteiger partial charge in [0, 0.05) is 78.3 Å². The molecule has 1 rings (SSSR count). The summed E-state index contributed by atoms with van der Waals surface area (Å²) in [5.41, 5.74) is 8.78. The van der Waals surface area contributed by atoms with E-state index in [1.54, 1.807) is 0 Å². The minimum atomic E-state index is -0.505. The summed E-state index contributed by atoms with van der Waals surface area (Å²) in [5, 5.41) is 13.3. The summed E-state index contributed by atoms with van der Waals surface area (Å²) in [5.74, 6) is -2.91. The summed E-state index contributed by atoms with van der Waals surface area (Å²) in [6, 6.07) is 0. The molecule has 0 unspecified atom stereocenters. The molecule has 0 bridgehead atoms. The summed E-state index contributed by atoms with van der Waals surface area (Å²) >= 11 is 0. The SMILES string of the molecule is C=NNC(=O)CN(CCN(CCN(CC(=O)NN=C)CC(=O)NN=C)CCN1C(=O)C=CC1=O)CC(=O)NN=C. The van der Waals surface area contributed by atoms with Gasteiger partial charge in [-0.2, -0.15) is 20.4 Å². The highest BCUT2D eigenvalue weighted by Crippen LogP contribution is 2.04. The summed E-state index contributed by atoms with van der Waals surface area (Å²) in [7, 11) is 0. The van der Waals surface area contributed by atoms with Crippen molar-refractivity contribution in [1.29, 1.82) is 0 Å². The molecule has 18 nitrogen and oxygen atoms in total. The second kappa shape index (κ2) is 18.6. The van der Waals surface area contributed by atoms with E-state index in [1.807, 2.05) is 4.90 Å². The minimum absolute atomic E-state index is 0.0636. The van der Waals surface area contributed by atoms with Crippen LogP contribution in [0.1, 0.15) is 0 Å². The predicted octanol–water partition coefficient (Wildman–Crippen LogP) is -4.26. The molecule has 0 aliphatic carbocycles. The van der Waals surface area contributed by atoms with E-state index < -0.39 is 35.4 Å². The molecule has 40 heavy (non-hydrogen) atoms. The van der Waals surface area contributed by atoms with Crippen LogP contribution in [0.25, 0.3) is 0 Å². The fraction of sp³-hybridized carbons (Fsp3) is 0.455. The van der Waals surface area contributed by atoms with Crippen LogP contribution in [0.4, 0.5) is 0 Å². The standard InChI is InChI=1S/C22H34N12O6/c1-23-27-17(35)13-32(14-18(36)28-24-2)9-7-31(11-12-34-21(39)5-6-22(34)40)8-10-33(15-19(37)29-25-3)16-20(38)30-26-4/h5-6H,1-4,7-16H2,(H,27,35)(H,28,36)(H,29,37)(H,30,38). The fourth-order valence-corrected chi connectivity index (χ4v) is 3.53. The Hall–Kier alpha value is -4.68. The van der Waals surface area contributed by atoms with E-state index in [0.717, 1.165) is 4.90 Å². The molecule has 0 fully saturated rings. The van der Waals surface area contributed by atoms with Gasteiger partial charge in [-0.05, 0) is 0 Å². The van der Waals surface area contributed by atoms with E-state index in [2.05, 4.69) is 69.0 Å². The Morgan fingerprint density at radius 2 is 0.875 bits per heavy atom. The number of hydrogen-bond donors (Lipinski definition) is 4. The van der Waals surface area contributed by atoms with Gasteiger partial charge in [0.2, 0.25) is 0 Å². The van der Waals surface area contributed by atoms with Crippen LogP contribution in [-0.4, -0.2) is 147 Å². The van der Waals surface area contributed by atoms with E-state index >= 15 is 0 Å². The van der Waals surface area contributed by atoms with Crippen molar-refractivity contribution in [3.05, 3.63) is 12.2 Å². The number of carbonyl (C=O) groups is 6. The van der Waals surface area contributed by atoms with Gasteiger partial charge in [0.1, 0.15) is 0 Å². The molecule has 0 radical (unpaired) electrons. The highest BCUT2D eigenvalue weighted by atomic mass is 16.2. The maximum absolute atomic E-state index is 12.1. The molecule has 1 aliphatic rings. The molecular formula is C22H34N12O6. The van der Waals surface area contributed by atoms with Crippen molar-refractivity contribution in [3.8, 4) is 0 Å². The second-order valence-electron chi connectivity index (χ2n) is 8.20. The highest BCUT2D eigenvalue weighted by molar-refractivity contribution is 6.12. The first-order chi connectivity index (χ1) is 19.1. The van der Waals surface area contributed by atoms with Crippen molar-refractivity contribution in [2.75, 3.05) is 65.4 Å². The van der Waals surface area contributed by atoms with E-state index in [-0.39, 0.29) is 65.4 Å². The van der Waals surface area contributed by atoms with Crippen molar-refractivity contribution in [3.63, 3.8) is 0 Å². The lowest BCUT2D eigenvalue weighted by molar-refractivity contribution is -0.137. The molecule has 0 aromatic carbocycles. The van der Waals surface area contributed by atoms with Gasteiger partial charge in [-0.1, -0.05) is 0 Å². The Kier molecular flexibility index (Phi) is 15.5. The van der Waals surface area contributed by atoms with Gasteiger partial charge in [0.25, 0.3) is 35.4 Å². The summed E-state index contributed by atoms with van der Waals surface area (Å²) in [4.78, 5) is 78.3. The van der Waals surface area contributed by atoms with E-state index in [1.165, 1.54) is 22.0 Å². The maximum atomic E-state index is 12.1. The third-order valence-corrected chi connectivity index (χ3v) is 5.29. The Morgan fingerprint density at radius 1 is 0.575 bits per heavy atom. The zero-order valence-electron chi connectivity index (χ0n) is 22.1. The van der Waals surface area contributed by atoms with Crippen molar-refractivity contribution in [2.24, 2.45) is 20.4 Å². The monoisotopic (exact) mass is 562 g/mol. The first kappa shape index (κ1) is 33.3. The molecular weight excluding hydrogens is 528 g/mol. The van der Waals surface area contributed by atoms with Gasteiger partial charge < -0.3 is 0 Å². The largest absolute Gasteiger partial charge is 0.299 e. The number of nitrogens with zero attached hydrogens (tertiary/aromatic N) is 8. The lowest BCUT2D eigenvalue weighted by Gasteiger charge is -2.30. The first-order valence-electron chi connectivity index (χ1n) is 11.8. The van der Waals surface area contributed by atoms with Crippen LogP contribution in [0.3, 0.4) is 0 Å². The number of amides is 6. The lowest BCUT2D eigenvalue weighted by atomic mass is 10.3.